The molecule has 24 heavy (non-hydrogen) atoms. The summed E-state index contributed by atoms with van der Waals surface area (Å²) in [7, 11) is -3.36. The first-order chi connectivity index (χ1) is 11.4. The normalized spacial score (nSPS) is 16.2. The van der Waals surface area contributed by atoms with Crippen LogP contribution in [0.15, 0.2) is 24.3 Å². The summed E-state index contributed by atoms with van der Waals surface area (Å²) in [6.45, 7) is 5.80. The Bertz CT molecular complexity index is 652. The van der Waals surface area contributed by atoms with E-state index >= 15 is 0 Å². The largest absolute Gasteiger partial charge is 0.378 e. The highest BCUT2D eigenvalue weighted by Gasteiger charge is 2.24. The number of amides is 1. The Morgan fingerprint density at radius 1 is 1.29 bits per heavy atom. The van der Waals surface area contributed by atoms with Crippen LogP contribution in [0, 0.1) is 0 Å². The number of likely N-dealkylation sites (tertiary alicyclic amines) is 1. The summed E-state index contributed by atoms with van der Waals surface area (Å²) in [6, 6.07) is 6.67. The molecule has 134 valence electrons. The third kappa shape index (κ3) is 5.21. The molecule has 1 heterocycles. The molecule has 1 saturated heterocycles. The van der Waals surface area contributed by atoms with Gasteiger partial charge in [0.25, 0.3) is 5.91 Å². The van der Waals surface area contributed by atoms with Crippen LogP contribution in [0.5, 0.6) is 0 Å². The van der Waals surface area contributed by atoms with Gasteiger partial charge in [-0.3, -0.25) is 9.52 Å². The van der Waals surface area contributed by atoms with Crippen molar-refractivity contribution in [1.82, 2.24) is 4.90 Å². The minimum absolute atomic E-state index is 0.0656. The molecule has 0 radical (unpaired) electrons. The lowest BCUT2D eigenvalue weighted by molar-refractivity contribution is 0.0146. The molecule has 1 amide bonds. The molecule has 0 atom stereocenters. The van der Waals surface area contributed by atoms with Gasteiger partial charge >= 0.3 is 0 Å². The van der Waals surface area contributed by atoms with Gasteiger partial charge in [0.05, 0.1) is 11.9 Å². The highest BCUT2D eigenvalue weighted by molar-refractivity contribution is 7.92. The topological polar surface area (TPSA) is 75.7 Å². The van der Waals surface area contributed by atoms with Crippen molar-refractivity contribution in [1.29, 1.82) is 0 Å². The molecule has 0 saturated carbocycles. The lowest BCUT2D eigenvalue weighted by Crippen LogP contribution is -2.40. The molecule has 1 aliphatic rings. The molecular weight excluding hydrogens is 328 g/mol. The summed E-state index contributed by atoms with van der Waals surface area (Å²) in [5, 5.41) is 0. The number of nitrogens with zero attached hydrogens (tertiary/aromatic N) is 1. The van der Waals surface area contributed by atoms with Crippen molar-refractivity contribution in [3.63, 3.8) is 0 Å². The lowest BCUT2D eigenvalue weighted by Gasteiger charge is -2.31. The van der Waals surface area contributed by atoms with E-state index < -0.39 is 10.0 Å². The molecule has 1 N–H and O–H groups in total. The maximum absolute atomic E-state index is 12.6. The smallest absolute Gasteiger partial charge is 0.253 e. The Labute approximate surface area is 144 Å². The molecule has 0 aromatic heterocycles. The van der Waals surface area contributed by atoms with Gasteiger partial charge in [0.1, 0.15) is 0 Å². The third-order valence-electron chi connectivity index (χ3n) is 3.99. The summed E-state index contributed by atoms with van der Waals surface area (Å²) in [4.78, 5) is 14.4. The molecule has 1 aromatic carbocycles. The molecule has 0 bridgehead atoms. The van der Waals surface area contributed by atoms with Gasteiger partial charge < -0.3 is 9.64 Å². The number of nitrogens with one attached hydrogen (secondary N) is 1. The fourth-order valence-corrected chi connectivity index (χ4v) is 3.98. The summed E-state index contributed by atoms with van der Waals surface area (Å²) in [6.07, 6.45) is 2.44. The SMILES string of the molecule is CCCS(=O)(=O)Nc1cccc(C(=O)N2CCC(OCC)CC2)c1. The van der Waals surface area contributed by atoms with Gasteiger partial charge in [-0.1, -0.05) is 13.0 Å². The zero-order valence-electron chi connectivity index (χ0n) is 14.3. The number of anilines is 1. The van der Waals surface area contributed by atoms with Crippen LogP contribution in [-0.4, -0.2) is 50.8 Å². The second-order valence-electron chi connectivity index (χ2n) is 5.95. The van der Waals surface area contributed by atoms with E-state index in [9.17, 15) is 13.2 Å². The first kappa shape index (κ1) is 18.7. The number of ether oxygens (including phenoxy) is 1. The maximum atomic E-state index is 12.6. The average molecular weight is 354 g/mol. The van der Waals surface area contributed by atoms with Crippen LogP contribution in [0.25, 0.3) is 0 Å². The highest BCUT2D eigenvalue weighted by Crippen LogP contribution is 2.19. The number of rotatable bonds is 7. The van der Waals surface area contributed by atoms with Gasteiger partial charge in [-0.2, -0.15) is 0 Å². The highest BCUT2D eigenvalue weighted by atomic mass is 32.2. The molecule has 7 heteroatoms. The van der Waals surface area contributed by atoms with Crippen LogP contribution in [0.2, 0.25) is 0 Å². The Balaban J connectivity index is 2.02. The van der Waals surface area contributed by atoms with Crippen molar-refractivity contribution in [2.45, 2.75) is 39.2 Å². The van der Waals surface area contributed by atoms with Crippen molar-refractivity contribution in [2.75, 3.05) is 30.2 Å². The minimum Gasteiger partial charge on any atom is -0.378 e. The first-order valence-electron chi connectivity index (χ1n) is 8.46. The molecular formula is C17H26N2O4S. The number of hydrogen-bond acceptors (Lipinski definition) is 4. The van der Waals surface area contributed by atoms with Crippen molar-refractivity contribution < 1.29 is 17.9 Å². The van der Waals surface area contributed by atoms with Gasteiger partial charge in [0.15, 0.2) is 0 Å². The number of sulfonamides is 1. The van der Waals surface area contributed by atoms with Crippen molar-refractivity contribution in [3.05, 3.63) is 29.8 Å². The maximum Gasteiger partial charge on any atom is 0.253 e. The van der Waals surface area contributed by atoms with Crippen molar-refractivity contribution >= 4 is 21.6 Å². The van der Waals surface area contributed by atoms with Gasteiger partial charge in [-0.05, 0) is 44.4 Å². The molecule has 1 aromatic rings. The molecule has 6 nitrogen and oxygen atoms in total. The van der Waals surface area contributed by atoms with Gasteiger partial charge in [-0.25, -0.2) is 8.42 Å². The zero-order valence-corrected chi connectivity index (χ0v) is 15.1. The molecule has 1 fully saturated rings. The number of hydrogen-bond donors (Lipinski definition) is 1. The fourth-order valence-electron chi connectivity index (χ4n) is 2.86. The Morgan fingerprint density at radius 2 is 2.00 bits per heavy atom. The van der Waals surface area contributed by atoms with Gasteiger partial charge in [0.2, 0.25) is 10.0 Å². The number of piperidine rings is 1. The minimum atomic E-state index is -3.36. The van der Waals surface area contributed by atoms with Gasteiger partial charge in [0, 0.05) is 30.9 Å². The van der Waals surface area contributed by atoms with Crippen LogP contribution in [-0.2, 0) is 14.8 Å². The first-order valence-corrected chi connectivity index (χ1v) is 10.1. The van der Waals surface area contributed by atoms with E-state index in [-0.39, 0.29) is 17.8 Å². The van der Waals surface area contributed by atoms with Crippen LogP contribution in [0.4, 0.5) is 5.69 Å². The van der Waals surface area contributed by atoms with E-state index in [2.05, 4.69) is 4.72 Å². The summed E-state index contributed by atoms with van der Waals surface area (Å²) in [5.41, 5.74) is 0.931. The average Bonchev–Trinajstić information content (AvgIpc) is 2.55. The number of carbonyl (C=O) groups excluding carboxylic acids is 1. The monoisotopic (exact) mass is 354 g/mol. The molecule has 0 spiro atoms. The van der Waals surface area contributed by atoms with Crippen LogP contribution >= 0.6 is 0 Å². The van der Waals surface area contributed by atoms with E-state index in [4.69, 9.17) is 4.74 Å². The summed E-state index contributed by atoms with van der Waals surface area (Å²) < 4.78 is 31.8. The second-order valence-corrected chi connectivity index (χ2v) is 7.79. The standard InChI is InChI=1S/C17H26N2O4S/c1-3-12-24(21,22)18-15-7-5-6-14(13-15)17(20)19-10-8-16(9-11-19)23-4-2/h5-7,13,16,18H,3-4,8-12H2,1-2H3. The lowest BCUT2D eigenvalue weighted by atomic mass is 10.1. The van der Waals surface area contributed by atoms with Crippen LogP contribution in [0.3, 0.4) is 0 Å². The molecule has 2 rings (SSSR count). The molecule has 1 aliphatic heterocycles. The predicted molar refractivity (Wildman–Crippen MR) is 94.7 cm³/mol. The zero-order chi connectivity index (χ0) is 17.6. The number of benzene rings is 1. The van der Waals surface area contributed by atoms with Crippen LogP contribution in [0.1, 0.15) is 43.5 Å². The van der Waals surface area contributed by atoms with E-state index in [1.807, 2.05) is 13.8 Å². The van der Waals surface area contributed by atoms with Crippen molar-refractivity contribution in [2.24, 2.45) is 0 Å². The molecule has 0 unspecified atom stereocenters. The Kier molecular flexibility index (Phi) is 6.62. The Morgan fingerprint density at radius 3 is 2.62 bits per heavy atom. The van der Waals surface area contributed by atoms with Crippen molar-refractivity contribution in [3.8, 4) is 0 Å². The summed E-state index contributed by atoms with van der Waals surface area (Å²) in [5.74, 6) is -0.00248. The van der Waals surface area contributed by atoms with E-state index in [1.54, 1.807) is 29.2 Å². The van der Waals surface area contributed by atoms with E-state index in [0.29, 0.717) is 37.4 Å². The fraction of sp³-hybridized carbons (Fsp3) is 0.588. The Hall–Kier alpha value is -1.60. The molecule has 0 aliphatic carbocycles. The second kappa shape index (κ2) is 8.48. The quantitative estimate of drug-likeness (QED) is 0.816. The van der Waals surface area contributed by atoms with Crippen LogP contribution < -0.4 is 4.72 Å². The van der Waals surface area contributed by atoms with E-state index in [1.165, 1.54) is 0 Å². The van der Waals surface area contributed by atoms with E-state index in [0.717, 1.165) is 12.8 Å². The van der Waals surface area contributed by atoms with Gasteiger partial charge in [-0.15, -0.1) is 0 Å². The predicted octanol–water partition coefficient (Wildman–Crippen LogP) is 2.48. The summed E-state index contributed by atoms with van der Waals surface area (Å²) >= 11 is 0. The third-order valence-corrected chi connectivity index (χ3v) is 5.48. The number of carbonyl (C=O) groups is 1.